The lowest BCUT2D eigenvalue weighted by molar-refractivity contribution is -0.280. The molecule has 0 bridgehead atoms. The highest BCUT2D eigenvalue weighted by Gasteiger charge is 2.20. The van der Waals surface area contributed by atoms with Crippen LogP contribution in [0.5, 0.6) is 0 Å². The maximum atomic E-state index is 5.39. The Morgan fingerprint density at radius 3 is 2.08 bits per heavy atom. The standard InChI is InChI=1S/C8H19BrN2O/c1-8(2,3)10(4)11(5)12-7-6-9/h6-7H2,1-5H3. The van der Waals surface area contributed by atoms with Crippen molar-refractivity contribution in [2.75, 3.05) is 26.0 Å². The third-order valence-electron chi connectivity index (χ3n) is 1.75. The van der Waals surface area contributed by atoms with Gasteiger partial charge in [0.1, 0.15) is 0 Å². The Kier molecular flexibility index (Phi) is 5.32. The molecule has 0 aliphatic rings. The fourth-order valence-electron chi connectivity index (χ4n) is 0.676. The first kappa shape index (κ1) is 12.4. The number of hydrogen-bond donors (Lipinski definition) is 0. The van der Waals surface area contributed by atoms with Gasteiger partial charge in [-0.2, -0.15) is 0 Å². The van der Waals surface area contributed by atoms with Crippen molar-refractivity contribution in [3.63, 3.8) is 0 Å². The number of rotatable bonds is 4. The molecule has 0 aromatic rings. The number of alkyl halides is 1. The molecule has 0 unspecified atom stereocenters. The molecule has 0 N–H and O–H groups in total. The number of halogens is 1. The van der Waals surface area contributed by atoms with Gasteiger partial charge in [-0.1, -0.05) is 15.9 Å². The van der Waals surface area contributed by atoms with Gasteiger partial charge in [0.2, 0.25) is 0 Å². The molecule has 0 radical (unpaired) electrons. The summed E-state index contributed by atoms with van der Waals surface area (Å²) in [7, 11) is 3.92. The Balaban J connectivity index is 3.84. The minimum absolute atomic E-state index is 0.0983. The van der Waals surface area contributed by atoms with E-state index in [-0.39, 0.29) is 5.54 Å². The molecule has 0 amide bonds. The zero-order chi connectivity index (χ0) is 9.78. The smallest absolute Gasteiger partial charge is 0.0798 e. The summed E-state index contributed by atoms with van der Waals surface area (Å²) < 4.78 is 0. The first-order chi connectivity index (χ1) is 5.39. The molecule has 74 valence electrons. The van der Waals surface area contributed by atoms with Crippen LogP contribution in [-0.2, 0) is 4.84 Å². The summed E-state index contributed by atoms with van der Waals surface area (Å²) >= 11 is 3.31. The third kappa shape index (κ3) is 4.40. The van der Waals surface area contributed by atoms with Gasteiger partial charge in [0, 0.05) is 25.0 Å². The second kappa shape index (κ2) is 5.17. The molecule has 3 nitrogen and oxygen atoms in total. The van der Waals surface area contributed by atoms with Crippen LogP contribution < -0.4 is 0 Å². The van der Waals surface area contributed by atoms with Crippen molar-refractivity contribution in [2.45, 2.75) is 26.3 Å². The molecule has 0 heterocycles. The molecule has 0 rings (SSSR count). The fraction of sp³-hybridized carbons (Fsp3) is 1.00. The molecular formula is C8H19BrN2O. The lowest BCUT2D eigenvalue weighted by Gasteiger charge is -2.37. The summed E-state index contributed by atoms with van der Waals surface area (Å²) in [6.07, 6.45) is 0. The SMILES string of the molecule is CN(OCCBr)N(C)C(C)(C)C. The molecule has 0 saturated carbocycles. The van der Waals surface area contributed by atoms with E-state index in [1.54, 1.807) is 5.17 Å². The summed E-state index contributed by atoms with van der Waals surface area (Å²) in [6, 6.07) is 0. The largest absolute Gasteiger partial charge is 0.283 e. The van der Waals surface area contributed by atoms with Gasteiger partial charge in [-0.15, -0.1) is 5.17 Å². The topological polar surface area (TPSA) is 15.7 Å². The number of hydrazine groups is 1. The number of nitrogens with zero attached hydrogens (tertiary/aromatic N) is 2. The van der Waals surface area contributed by atoms with Gasteiger partial charge in [0.15, 0.2) is 0 Å². The van der Waals surface area contributed by atoms with E-state index in [1.807, 2.05) is 14.1 Å². The number of hydrogen-bond acceptors (Lipinski definition) is 3. The molecule has 0 aliphatic carbocycles. The summed E-state index contributed by atoms with van der Waals surface area (Å²) in [5, 5.41) is 4.67. The molecule has 0 fully saturated rings. The fourth-order valence-corrected chi connectivity index (χ4v) is 0.820. The van der Waals surface area contributed by atoms with Crippen molar-refractivity contribution in [1.82, 2.24) is 10.2 Å². The van der Waals surface area contributed by atoms with Gasteiger partial charge >= 0.3 is 0 Å². The summed E-state index contributed by atoms with van der Waals surface area (Å²) in [5.74, 6) is 0. The van der Waals surface area contributed by atoms with Crippen LogP contribution >= 0.6 is 15.9 Å². The van der Waals surface area contributed by atoms with Crippen molar-refractivity contribution in [3.05, 3.63) is 0 Å². The lowest BCUT2D eigenvalue weighted by atomic mass is 10.1. The Bertz CT molecular complexity index is 125. The van der Waals surface area contributed by atoms with Crippen LogP contribution in [-0.4, -0.2) is 41.8 Å². The van der Waals surface area contributed by atoms with Crippen LogP contribution in [0, 0.1) is 0 Å². The van der Waals surface area contributed by atoms with Crippen molar-refractivity contribution < 1.29 is 4.84 Å². The van der Waals surface area contributed by atoms with E-state index in [0.29, 0.717) is 6.61 Å². The van der Waals surface area contributed by atoms with Crippen LogP contribution in [0.2, 0.25) is 0 Å². The van der Waals surface area contributed by atoms with E-state index in [9.17, 15) is 0 Å². The first-order valence-corrected chi connectivity index (χ1v) is 5.18. The quantitative estimate of drug-likeness (QED) is 0.550. The molecular weight excluding hydrogens is 220 g/mol. The van der Waals surface area contributed by atoms with E-state index >= 15 is 0 Å². The van der Waals surface area contributed by atoms with Crippen LogP contribution in [0.1, 0.15) is 20.8 Å². The van der Waals surface area contributed by atoms with Gasteiger partial charge in [0.25, 0.3) is 0 Å². The maximum absolute atomic E-state index is 5.39. The predicted molar refractivity (Wildman–Crippen MR) is 55.0 cm³/mol. The molecule has 4 heteroatoms. The Morgan fingerprint density at radius 1 is 1.25 bits per heavy atom. The van der Waals surface area contributed by atoms with E-state index in [1.165, 1.54) is 0 Å². The average Bonchev–Trinajstić information content (AvgIpc) is 1.97. The summed E-state index contributed by atoms with van der Waals surface area (Å²) in [4.78, 5) is 5.39. The van der Waals surface area contributed by atoms with E-state index in [0.717, 1.165) is 5.33 Å². The zero-order valence-corrected chi connectivity index (χ0v) is 10.2. The molecule has 0 aromatic carbocycles. The minimum Gasteiger partial charge on any atom is -0.283 e. The lowest BCUT2D eigenvalue weighted by Crippen LogP contribution is -2.48. The Labute approximate surface area is 83.7 Å². The van der Waals surface area contributed by atoms with Gasteiger partial charge in [-0.25, -0.2) is 5.01 Å². The molecule has 0 atom stereocenters. The van der Waals surface area contributed by atoms with Crippen LogP contribution in [0.3, 0.4) is 0 Å². The monoisotopic (exact) mass is 238 g/mol. The van der Waals surface area contributed by atoms with Crippen LogP contribution in [0.15, 0.2) is 0 Å². The first-order valence-electron chi connectivity index (χ1n) is 4.06. The second-order valence-corrected chi connectivity index (χ2v) is 4.47. The zero-order valence-electron chi connectivity index (χ0n) is 8.59. The highest BCUT2D eigenvalue weighted by Crippen LogP contribution is 2.12. The second-order valence-electron chi connectivity index (χ2n) is 3.68. The van der Waals surface area contributed by atoms with Crippen molar-refractivity contribution in [1.29, 1.82) is 0 Å². The van der Waals surface area contributed by atoms with Gasteiger partial charge < -0.3 is 0 Å². The van der Waals surface area contributed by atoms with Crippen LogP contribution in [0.25, 0.3) is 0 Å². The molecule has 12 heavy (non-hydrogen) atoms. The molecule has 0 aromatic heterocycles. The van der Waals surface area contributed by atoms with Gasteiger partial charge in [-0.3, -0.25) is 4.84 Å². The predicted octanol–water partition coefficient (Wildman–Crippen LogP) is 1.89. The van der Waals surface area contributed by atoms with Crippen molar-refractivity contribution in [2.24, 2.45) is 0 Å². The van der Waals surface area contributed by atoms with Gasteiger partial charge in [-0.05, 0) is 20.8 Å². The summed E-state index contributed by atoms with van der Waals surface area (Å²) in [6.45, 7) is 7.11. The minimum atomic E-state index is 0.0983. The highest BCUT2D eigenvalue weighted by molar-refractivity contribution is 9.09. The van der Waals surface area contributed by atoms with E-state index in [2.05, 4.69) is 41.7 Å². The molecule has 0 saturated heterocycles. The average molecular weight is 239 g/mol. The van der Waals surface area contributed by atoms with Gasteiger partial charge in [0.05, 0.1) is 6.61 Å². The normalized spacial score (nSPS) is 13.0. The molecule has 0 spiro atoms. The van der Waals surface area contributed by atoms with Crippen LogP contribution in [0.4, 0.5) is 0 Å². The Hall–Kier alpha value is 0.360. The Morgan fingerprint density at radius 2 is 1.75 bits per heavy atom. The van der Waals surface area contributed by atoms with Crippen molar-refractivity contribution >= 4 is 15.9 Å². The van der Waals surface area contributed by atoms with E-state index < -0.39 is 0 Å². The third-order valence-corrected chi connectivity index (χ3v) is 2.07. The number of hydroxylamine groups is 1. The molecule has 0 aliphatic heterocycles. The highest BCUT2D eigenvalue weighted by atomic mass is 79.9. The summed E-state index contributed by atoms with van der Waals surface area (Å²) in [5.41, 5.74) is 0.0983. The maximum Gasteiger partial charge on any atom is 0.0798 e. The van der Waals surface area contributed by atoms with Crippen molar-refractivity contribution in [3.8, 4) is 0 Å². The van der Waals surface area contributed by atoms with E-state index in [4.69, 9.17) is 4.84 Å².